The first-order valence-electron chi connectivity index (χ1n) is 7.40. The molecule has 2 rings (SSSR count). The van der Waals surface area contributed by atoms with Crippen molar-refractivity contribution in [2.75, 3.05) is 18.0 Å². The molecular formula is C15H22ClN3S. The molecule has 20 heavy (non-hydrogen) atoms. The Hall–Kier alpha value is -0.870. The fourth-order valence-electron chi connectivity index (χ4n) is 2.29. The molecule has 3 nitrogen and oxygen atoms in total. The number of hydrogen-bond donors (Lipinski definition) is 0. The molecule has 0 N–H and O–H groups in total. The quantitative estimate of drug-likeness (QED) is 0.679. The molecule has 0 aliphatic rings. The third-order valence-electron chi connectivity index (χ3n) is 3.15. The van der Waals surface area contributed by atoms with E-state index in [2.05, 4.69) is 36.7 Å². The van der Waals surface area contributed by atoms with Crippen molar-refractivity contribution in [3.63, 3.8) is 0 Å². The summed E-state index contributed by atoms with van der Waals surface area (Å²) < 4.78 is 0. The molecule has 2 heterocycles. The summed E-state index contributed by atoms with van der Waals surface area (Å²) >= 11 is 8.09. The minimum absolute atomic E-state index is 0.584. The first kappa shape index (κ1) is 15.5. The fraction of sp³-hybridized carbons (Fsp3) is 0.600. The van der Waals surface area contributed by atoms with Gasteiger partial charge in [0, 0.05) is 23.4 Å². The molecule has 0 saturated carbocycles. The predicted molar refractivity (Wildman–Crippen MR) is 89.2 cm³/mol. The van der Waals surface area contributed by atoms with Crippen LogP contribution in [0.2, 0.25) is 5.15 Å². The Balaban J connectivity index is 2.39. The molecule has 0 fully saturated rings. The lowest BCUT2D eigenvalue weighted by Gasteiger charge is -2.21. The molecule has 2 aromatic heterocycles. The van der Waals surface area contributed by atoms with Crippen LogP contribution in [0.1, 0.15) is 44.9 Å². The SMILES string of the molecule is CCCc1cc2c(Cl)nc(N(CCC)CCC)nc2s1. The molecule has 0 bridgehead atoms. The molecule has 0 atom stereocenters. The van der Waals surface area contributed by atoms with Crippen LogP contribution in [0.3, 0.4) is 0 Å². The maximum Gasteiger partial charge on any atom is 0.228 e. The van der Waals surface area contributed by atoms with E-state index < -0.39 is 0 Å². The van der Waals surface area contributed by atoms with Crippen LogP contribution in [0.25, 0.3) is 10.2 Å². The average molecular weight is 312 g/mol. The number of aryl methyl sites for hydroxylation is 1. The number of aromatic nitrogens is 2. The number of fused-ring (bicyclic) bond motifs is 1. The lowest BCUT2D eigenvalue weighted by Crippen LogP contribution is -2.26. The van der Waals surface area contributed by atoms with E-state index in [0.29, 0.717) is 5.15 Å². The Kier molecular flexibility index (Phi) is 5.61. The zero-order valence-electron chi connectivity index (χ0n) is 12.4. The van der Waals surface area contributed by atoms with Crippen molar-refractivity contribution in [1.29, 1.82) is 0 Å². The Morgan fingerprint density at radius 1 is 1.10 bits per heavy atom. The van der Waals surface area contributed by atoms with Gasteiger partial charge in [0.05, 0.1) is 0 Å². The number of thiophene rings is 1. The molecule has 0 amide bonds. The lowest BCUT2D eigenvalue weighted by molar-refractivity contribution is 0.724. The van der Waals surface area contributed by atoms with Gasteiger partial charge in [-0.3, -0.25) is 0 Å². The molecule has 0 radical (unpaired) electrons. The summed E-state index contributed by atoms with van der Waals surface area (Å²) in [6.07, 6.45) is 4.40. The van der Waals surface area contributed by atoms with E-state index in [-0.39, 0.29) is 0 Å². The molecule has 0 unspecified atom stereocenters. The maximum absolute atomic E-state index is 6.35. The van der Waals surface area contributed by atoms with Gasteiger partial charge in [-0.2, -0.15) is 0 Å². The van der Waals surface area contributed by atoms with Gasteiger partial charge >= 0.3 is 0 Å². The number of nitrogens with zero attached hydrogens (tertiary/aromatic N) is 3. The Morgan fingerprint density at radius 2 is 1.80 bits per heavy atom. The number of rotatable bonds is 7. The van der Waals surface area contributed by atoms with Crippen LogP contribution in [-0.2, 0) is 6.42 Å². The van der Waals surface area contributed by atoms with Crippen LogP contribution in [0.4, 0.5) is 5.95 Å². The highest BCUT2D eigenvalue weighted by molar-refractivity contribution is 7.18. The first-order chi connectivity index (χ1) is 9.69. The number of halogens is 1. The van der Waals surface area contributed by atoms with Crippen LogP contribution in [0, 0.1) is 0 Å². The fourth-order valence-corrected chi connectivity index (χ4v) is 3.69. The molecule has 0 aliphatic heterocycles. The molecule has 110 valence electrons. The van der Waals surface area contributed by atoms with Gasteiger partial charge in [-0.15, -0.1) is 11.3 Å². The van der Waals surface area contributed by atoms with Crippen molar-refractivity contribution in [3.05, 3.63) is 16.1 Å². The molecule has 5 heteroatoms. The Bertz CT molecular complexity index is 561. The Labute approximate surface area is 130 Å². The summed E-state index contributed by atoms with van der Waals surface area (Å²) in [5, 5.41) is 1.58. The normalized spacial score (nSPS) is 11.2. The second-order valence-corrected chi connectivity index (χ2v) is 6.46. The summed E-state index contributed by atoms with van der Waals surface area (Å²) in [4.78, 5) is 13.8. The zero-order valence-corrected chi connectivity index (χ0v) is 14.0. The molecular weight excluding hydrogens is 290 g/mol. The monoisotopic (exact) mass is 311 g/mol. The van der Waals surface area contributed by atoms with Gasteiger partial charge in [-0.1, -0.05) is 38.8 Å². The van der Waals surface area contributed by atoms with Gasteiger partial charge in [0.25, 0.3) is 0 Å². The minimum atomic E-state index is 0.584. The van der Waals surface area contributed by atoms with E-state index >= 15 is 0 Å². The van der Waals surface area contributed by atoms with E-state index in [9.17, 15) is 0 Å². The average Bonchev–Trinajstić information content (AvgIpc) is 2.82. The summed E-state index contributed by atoms with van der Waals surface area (Å²) in [6.45, 7) is 8.49. The van der Waals surface area contributed by atoms with Crippen LogP contribution in [0.5, 0.6) is 0 Å². The van der Waals surface area contributed by atoms with Crippen LogP contribution >= 0.6 is 22.9 Å². The van der Waals surface area contributed by atoms with Gasteiger partial charge in [-0.05, 0) is 25.3 Å². The van der Waals surface area contributed by atoms with Crippen molar-refractivity contribution in [3.8, 4) is 0 Å². The van der Waals surface area contributed by atoms with Crippen molar-refractivity contribution < 1.29 is 0 Å². The molecule has 0 aliphatic carbocycles. The van der Waals surface area contributed by atoms with Crippen LogP contribution < -0.4 is 4.90 Å². The van der Waals surface area contributed by atoms with Gasteiger partial charge in [0.2, 0.25) is 5.95 Å². The Morgan fingerprint density at radius 3 is 2.40 bits per heavy atom. The van der Waals surface area contributed by atoms with Crippen LogP contribution in [0.15, 0.2) is 6.07 Å². The first-order valence-corrected chi connectivity index (χ1v) is 8.59. The third kappa shape index (κ3) is 3.41. The molecule has 2 aromatic rings. The lowest BCUT2D eigenvalue weighted by atomic mass is 10.2. The van der Waals surface area contributed by atoms with Crippen LogP contribution in [-0.4, -0.2) is 23.1 Å². The standard InChI is InChI=1S/C15H22ClN3S/c1-4-7-11-10-12-13(16)17-15(18-14(12)20-11)19(8-5-2)9-6-3/h10H,4-9H2,1-3H3. The van der Waals surface area contributed by atoms with E-state index in [1.165, 1.54) is 4.88 Å². The largest absolute Gasteiger partial charge is 0.341 e. The topological polar surface area (TPSA) is 29.0 Å². The molecule has 0 saturated heterocycles. The predicted octanol–water partition coefficient (Wildman–Crippen LogP) is 4.92. The van der Waals surface area contributed by atoms with Gasteiger partial charge in [0.15, 0.2) is 0 Å². The van der Waals surface area contributed by atoms with E-state index in [4.69, 9.17) is 16.6 Å². The second-order valence-electron chi connectivity index (χ2n) is 4.98. The number of hydrogen-bond acceptors (Lipinski definition) is 4. The summed E-state index contributed by atoms with van der Waals surface area (Å²) in [5.74, 6) is 0.774. The second kappa shape index (κ2) is 7.23. The van der Waals surface area contributed by atoms with Gasteiger partial charge in [0.1, 0.15) is 9.98 Å². The molecule has 0 spiro atoms. The van der Waals surface area contributed by atoms with Gasteiger partial charge in [-0.25, -0.2) is 9.97 Å². The van der Waals surface area contributed by atoms with E-state index in [1.54, 1.807) is 11.3 Å². The molecule has 0 aromatic carbocycles. The highest BCUT2D eigenvalue weighted by atomic mass is 35.5. The van der Waals surface area contributed by atoms with Gasteiger partial charge < -0.3 is 4.90 Å². The number of anilines is 1. The van der Waals surface area contributed by atoms with Crippen molar-refractivity contribution in [2.24, 2.45) is 0 Å². The maximum atomic E-state index is 6.35. The van der Waals surface area contributed by atoms with Crippen molar-refractivity contribution >= 4 is 39.1 Å². The highest BCUT2D eigenvalue weighted by Gasteiger charge is 2.14. The van der Waals surface area contributed by atoms with E-state index in [0.717, 1.165) is 54.9 Å². The summed E-state index contributed by atoms with van der Waals surface area (Å²) in [7, 11) is 0. The zero-order chi connectivity index (χ0) is 14.5. The summed E-state index contributed by atoms with van der Waals surface area (Å²) in [6, 6.07) is 2.14. The smallest absolute Gasteiger partial charge is 0.228 e. The van der Waals surface area contributed by atoms with E-state index in [1.807, 2.05) is 0 Å². The van der Waals surface area contributed by atoms with Crippen molar-refractivity contribution in [2.45, 2.75) is 46.5 Å². The highest BCUT2D eigenvalue weighted by Crippen LogP contribution is 2.31. The van der Waals surface area contributed by atoms with Crippen molar-refractivity contribution in [1.82, 2.24) is 9.97 Å². The minimum Gasteiger partial charge on any atom is -0.341 e. The third-order valence-corrected chi connectivity index (χ3v) is 4.53. The summed E-state index contributed by atoms with van der Waals surface area (Å²) in [5.41, 5.74) is 0.